The third-order valence-corrected chi connectivity index (χ3v) is 3.22. The van der Waals surface area contributed by atoms with E-state index in [2.05, 4.69) is 13.3 Å². The largest absolute Gasteiger partial charge is 0.0651 e. The maximum atomic E-state index is 2.54. The quantitative estimate of drug-likeness (QED) is 0.577. The van der Waals surface area contributed by atoms with Crippen LogP contribution in [0.5, 0.6) is 0 Å². The van der Waals surface area contributed by atoms with Crippen LogP contribution in [0.15, 0.2) is 0 Å². The first-order valence-corrected chi connectivity index (χ1v) is 6.27. The molecule has 1 saturated carbocycles. The zero-order valence-electron chi connectivity index (χ0n) is 9.23. The molecule has 0 heterocycles. The monoisotopic (exact) mass is 181 g/mol. The third kappa shape index (κ3) is 5.33. The molecule has 1 rings (SSSR count). The Morgan fingerprint density at radius 3 is 1.77 bits per heavy atom. The Morgan fingerprint density at radius 2 is 1.31 bits per heavy atom. The highest BCUT2D eigenvalue weighted by atomic mass is 14.1. The van der Waals surface area contributed by atoms with E-state index in [0.717, 1.165) is 5.92 Å². The van der Waals surface area contributed by atoms with Gasteiger partial charge in [-0.1, -0.05) is 71.1 Å². The Bertz CT molecular complexity index is 96.6. The highest BCUT2D eigenvalue weighted by Gasteiger charge is 2.08. The lowest BCUT2D eigenvalue weighted by molar-refractivity contribution is 0.420. The molecule has 77 valence electrons. The van der Waals surface area contributed by atoms with E-state index >= 15 is 0 Å². The Morgan fingerprint density at radius 1 is 0.846 bits per heavy atom. The van der Waals surface area contributed by atoms with Crippen molar-refractivity contribution in [3.05, 3.63) is 6.42 Å². The molecule has 0 aromatic carbocycles. The van der Waals surface area contributed by atoms with Crippen molar-refractivity contribution >= 4 is 0 Å². The second-order valence-corrected chi connectivity index (χ2v) is 4.46. The first kappa shape index (κ1) is 11.1. The van der Waals surface area contributed by atoms with Gasteiger partial charge in [-0.3, -0.25) is 0 Å². The van der Waals surface area contributed by atoms with E-state index in [-0.39, 0.29) is 0 Å². The van der Waals surface area contributed by atoms with Gasteiger partial charge in [0.1, 0.15) is 0 Å². The summed E-state index contributed by atoms with van der Waals surface area (Å²) >= 11 is 0. The average Bonchev–Trinajstić information content (AvgIpc) is 2.16. The van der Waals surface area contributed by atoms with Crippen molar-refractivity contribution in [2.75, 3.05) is 0 Å². The molecule has 1 fully saturated rings. The summed E-state index contributed by atoms with van der Waals surface area (Å²) in [6, 6.07) is 0. The van der Waals surface area contributed by atoms with Gasteiger partial charge in [-0.05, 0) is 12.3 Å². The number of hydrogen-bond donors (Lipinski definition) is 0. The van der Waals surface area contributed by atoms with Crippen LogP contribution in [0.2, 0.25) is 0 Å². The molecule has 1 aliphatic carbocycles. The molecule has 13 heavy (non-hydrogen) atoms. The van der Waals surface area contributed by atoms with E-state index in [4.69, 9.17) is 0 Å². The smallest absolute Gasteiger partial charge is 0.0357 e. The molecular formula is C13H25. The Kier molecular flexibility index (Phi) is 6.31. The van der Waals surface area contributed by atoms with Gasteiger partial charge < -0.3 is 0 Å². The lowest BCUT2D eigenvalue weighted by Gasteiger charge is -2.17. The molecule has 0 spiro atoms. The van der Waals surface area contributed by atoms with Crippen LogP contribution in [0.1, 0.15) is 71.1 Å². The topological polar surface area (TPSA) is 0 Å². The standard InChI is InChI=1S/C13H25/c1-2-10-13-11-8-6-4-3-5-7-9-12-13/h10,13H,2-9,11-12H2,1H3. The third-order valence-electron chi connectivity index (χ3n) is 3.22. The van der Waals surface area contributed by atoms with Crippen molar-refractivity contribution < 1.29 is 0 Å². The van der Waals surface area contributed by atoms with E-state index in [9.17, 15) is 0 Å². The zero-order valence-corrected chi connectivity index (χ0v) is 9.23. The summed E-state index contributed by atoms with van der Waals surface area (Å²) in [5.41, 5.74) is 0. The van der Waals surface area contributed by atoms with Gasteiger partial charge in [0.25, 0.3) is 0 Å². The van der Waals surface area contributed by atoms with Crippen LogP contribution in [-0.2, 0) is 0 Å². The van der Waals surface area contributed by atoms with Crippen molar-refractivity contribution in [2.24, 2.45) is 5.92 Å². The van der Waals surface area contributed by atoms with Crippen molar-refractivity contribution in [3.63, 3.8) is 0 Å². The Hall–Kier alpha value is 0. The van der Waals surface area contributed by atoms with Gasteiger partial charge >= 0.3 is 0 Å². The summed E-state index contributed by atoms with van der Waals surface area (Å²) in [6.07, 6.45) is 17.1. The van der Waals surface area contributed by atoms with Gasteiger partial charge in [-0.25, -0.2) is 0 Å². The molecule has 0 bridgehead atoms. The minimum atomic E-state index is 0.947. The maximum Gasteiger partial charge on any atom is -0.0357 e. The fourth-order valence-corrected chi connectivity index (χ4v) is 2.41. The minimum Gasteiger partial charge on any atom is -0.0651 e. The molecule has 0 amide bonds. The summed E-state index contributed by atoms with van der Waals surface area (Å²) < 4.78 is 0. The molecule has 0 unspecified atom stereocenters. The SMILES string of the molecule is CC[CH]C1CCCCCCCCC1. The predicted molar refractivity (Wildman–Crippen MR) is 59.6 cm³/mol. The van der Waals surface area contributed by atoms with Crippen LogP contribution in [0, 0.1) is 12.3 Å². The molecule has 0 nitrogen and oxygen atoms in total. The van der Waals surface area contributed by atoms with Crippen LogP contribution in [0.25, 0.3) is 0 Å². The van der Waals surface area contributed by atoms with Gasteiger partial charge in [0, 0.05) is 0 Å². The van der Waals surface area contributed by atoms with Crippen LogP contribution in [0.3, 0.4) is 0 Å². The summed E-state index contributed by atoms with van der Waals surface area (Å²) in [7, 11) is 0. The summed E-state index contributed by atoms with van der Waals surface area (Å²) in [5, 5.41) is 0. The first-order valence-electron chi connectivity index (χ1n) is 6.27. The Balaban J connectivity index is 2.18. The average molecular weight is 181 g/mol. The van der Waals surface area contributed by atoms with Crippen molar-refractivity contribution in [2.45, 2.75) is 71.1 Å². The van der Waals surface area contributed by atoms with Crippen molar-refractivity contribution in [3.8, 4) is 0 Å². The molecule has 0 saturated heterocycles. The number of rotatable bonds is 2. The van der Waals surface area contributed by atoms with Crippen LogP contribution >= 0.6 is 0 Å². The van der Waals surface area contributed by atoms with Crippen LogP contribution < -0.4 is 0 Å². The molecule has 0 heteroatoms. The zero-order chi connectivity index (χ0) is 9.36. The van der Waals surface area contributed by atoms with Crippen LogP contribution in [0.4, 0.5) is 0 Å². The van der Waals surface area contributed by atoms with Crippen molar-refractivity contribution in [1.29, 1.82) is 0 Å². The molecule has 1 radical (unpaired) electrons. The molecule has 0 aromatic rings. The maximum absolute atomic E-state index is 2.54. The molecule has 0 atom stereocenters. The van der Waals surface area contributed by atoms with Gasteiger partial charge in [-0.2, -0.15) is 0 Å². The normalized spacial score (nSPS) is 22.8. The fraction of sp³-hybridized carbons (Fsp3) is 0.923. The van der Waals surface area contributed by atoms with E-state index in [0.29, 0.717) is 0 Å². The van der Waals surface area contributed by atoms with E-state index in [1.54, 1.807) is 0 Å². The second kappa shape index (κ2) is 7.41. The minimum absolute atomic E-state index is 0.947. The number of hydrogen-bond acceptors (Lipinski definition) is 0. The van der Waals surface area contributed by atoms with E-state index < -0.39 is 0 Å². The van der Waals surface area contributed by atoms with Crippen LogP contribution in [-0.4, -0.2) is 0 Å². The molecular weight excluding hydrogens is 156 g/mol. The summed E-state index contributed by atoms with van der Waals surface area (Å²) in [5.74, 6) is 0.947. The van der Waals surface area contributed by atoms with E-state index in [1.165, 1.54) is 64.2 Å². The van der Waals surface area contributed by atoms with Gasteiger partial charge in [0.05, 0.1) is 0 Å². The summed E-state index contributed by atoms with van der Waals surface area (Å²) in [4.78, 5) is 0. The predicted octanol–water partition coefficient (Wildman–Crippen LogP) is 4.74. The fourth-order valence-electron chi connectivity index (χ4n) is 2.41. The van der Waals surface area contributed by atoms with Gasteiger partial charge in [0.2, 0.25) is 0 Å². The molecule has 0 aliphatic heterocycles. The lowest BCUT2D eigenvalue weighted by atomic mass is 9.89. The highest BCUT2D eigenvalue weighted by Crippen LogP contribution is 2.23. The molecule has 0 aromatic heterocycles. The van der Waals surface area contributed by atoms with Gasteiger partial charge in [0.15, 0.2) is 0 Å². The summed E-state index contributed by atoms with van der Waals surface area (Å²) in [6.45, 7) is 2.28. The second-order valence-electron chi connectivity index (χ2n) is 4.46. The van der Waals surface area contributed by atoms with Gasteiger partial charge in [-0.15, -0.1) is 0 Å². The van der Waals surface area contributed by atoms with Crippen molar-refractivity contribution in [1.82, 2.24) is 0 Å². The van der Waals surface area contributed by atoms with E-state index in [1.807, 2.05) is 0 Å². The first-order chi connectivity index (χ1) is 6.43. The Labute approximate surface area is 84.1 Å². The highest BCUT2D eigenvalue weighted by molar-refractivity contribution is 4.75. The lowest BCUT2D eigenvalue weighted by Crippen LogP contribution is -2.02. The molecule has 1 aliphatic rings. The molecule has 0 N–H and O–H groups in total.